The largest absolute Gasteiger partial charge is 0.396 e. The molecule has 0 aliphatic heterocycles. The molecule has 0 aliphatic carbocycles. The van der Waals surface area contributed by atoms with Crippen LogP contribution >= 0.6 is 11.6 Å². The van der Waals surface area contributed by atoms with Crippen LogP contribution in [0.2, 0.25) is 5.15 Å². The van der Waals surface area contributed by atoms with Crippen molar-refractivity contribution in [3.8, 4) is 0 Å². The Morgan fingerprint density at radius 3 is 2.62 bits per heavy atom. The van der Waals surface area contributed by atoms with Gasteiger partial charge in [-0.1, -0.05) is 25.4 Å². The Hall–Kier alpha value is -1.73. The quantitative estimate of drug-likeness (QED) is 0.456. The molecule has 0 saturated carbocycles. The fourth-order valence-corrected chi connectivity index (χ4v) is 2.03. The molecule has 0 atom stereocenters. The molecule has 116 valence electrons. The Morgan fingerprint density at radius 1 is 1.52 bits per heavy atom. The smallest absolute Gasteiger partial charge is 0.288 e. The van der Waals surface area contributed by atoms with Gasteiger partial charge in [0, 0.05) is 18.0 Å². The molecule has 0 aromatic carbocycles. The zero-order chi connectivity index (χ0) is 16.0. The zero-order valence-electron chi connectivity index (χ0n) is 11.9. The molecule has 0 fully saturated rings. The van der Waals surface area contributed by atoms with Gasteiger partial charge in [0.05, 0.1) is 17.1 Å². The molecule has 8 heteroatoms. The number of aliphatic hydroxyl groups excluding tert-OH is 1. The third kappa shape index (κ3) is 4.12. The summed E-state index contributed by atoms with van der Waals surface area (Å²) in [5.41, 5.74) is -0.759. The molecule has 0 bridgehead atoms. The van der Waals surface area contributed by atoms with E-state index in [1.54, 1.807) is 0 Å². The lowest BCUT2D eigenvalue weighted by Gasteiger charge is -2.29. The van der Waals surface area contributed by atoms with Crippen LogP contribution in [0, 0.1) is 15.5 Å². The fourth-order valence-electron chi connectivity index (χ4n) is 1.84. The number of pyridine rings is 1. The maximum absolute atomic E-state index is 12.1. The molecule has 0 aliphatic rings. The average Bonchev–Trinajstić information content (AvgIpc) is 2.49. The highest BCUT2D eigenvalue weighted by Crippen LogP contribution is 2.25. The number of nitrogens with zero attached hydrogens (tertiary/aromatic N) is 2. The van der Waals surface area contributed by atoms with E-state index in [0.717, 1.165) is 12.3 Å². The Morgan fingerprint density at radius 2 is 2.14 bits per heavy atom. The van der Waals surface area contributed by atoms with E-state index in [0.29, 0.717) is 12.8 Å². The van der Waals surface area contributed by atoms with Gasteiger partial charge in [-0.25, -0.2) is 4.98 Å². The Balaban J connectivity index is 2.89. The molecule has 1 rings (SSSR count). The van der Waals surface area contributed by atoms with Crippen LogP contribution in [-0.4, -0.2) is 34.1 Å². The van der Waals surface area contributed by atoms with Crippen molar-refractivity contribution in [3.05, 3.63) is 33.1 Å². The summed E-state index contributed by atoms with van der Waals surface area (Å²) in [6.07, 6.45) is 2.39. The normalized spacial score (nSPS) is 11.2. The molecule has 0 saturated heterocycles. The summed E-state index contributed by atoms with van der Waals surface area (Å²) >= 11 is 5.80. The fraction of sp³-hybridized carbons (Fsp3) is 0.538. The van der Waals surface area contributed by atoms with Crippen LogP contribution in [0.4, 0.5) is 5.69 Å². The van der Waals surface area contributed by atoms with E-state index in [2.05, 4.69) is 10.3 Å². The summed E-state index contributed by atoms with van der Waals surface area (Å²) < 4.78 is 0. The SMILES string of the molecule is CCC(CC)(CO)CNC(=O)c1cc([N+](=O)[O-])cnc1Cl. The van der Waals surface area contributed by atoms with Crippen LogP contribution in [0.3, 0.4) is 0 Å². The number of aliphatic hydroxyl groups is 1. The lowest BCUT2D eigenvalue weighted by Crippen LogP contribution is -2.39. The maximum atomic E-state index is 12.1. The molecule has 2 N–H and O–H groups in total. The standard InChI is InChI=1S/C13H18ClN3O4/c1-3-13(4-2,8-18)7-16-12(19)10-5-9(17(20)21)6-15-11(10)14/h5-6,18H,3-4,7-8H2,1-2H3,(H,16,19). The van der Waals surface area contributed by atoms with E-state index in [1.807, 2.05) is 13.8 Å². The first-order valence-corrected chi connectivity index (χ1v) is 6.96. The first-order chi connectivity index (χ1) is 9.89. The van der Waals surface area contributed by atoms with Gasteiger partial charge in [0.2, 0.25) is 0 Å². The van der Waals surface area contributed by atoms with Gasteiger partial charge in [-0.2, -0.15) is 0 Å². The van der Waals surface area contributed by atoms with E-state index in [4.69, 9.17) is 11.6 Å². The van der Waals surface area contributed by atoms with Gasteiger partial charge in [-0.3, -0.25) is 14.9 Å². The van der Waals surface area contributed by atoms with Crippen molar-refractivity contribution in [2.24, 2.45) is 5.41 Å². The van der Waals surface area contributed by atoms with Crippen LogP contribution in [-0.2, 0) is 0 Å². The first-order valence-electron chi connectivity index (χ1n) is 6.58. The molecule has 1 aromatic rings. The average molecular weight is 316 g/mol. The van der Waals surface area contributed by atoms with Gasteiger partial charge in [0.25, 0.3) is 11.6 Å². The van der Waals surface area contributed by atoms with Crippen LogP contribution in [0.1, 0.15) is 37.0 Å². The number of hydrogen-bond acceptors (Lipinski definition) is 5. The van der Waals surface area contributed by atoms with Crippen molar-refractivity contribution >= 4 is 23.2 Å². The minimum atomic E-state index is -0.643. The highest BCUT2D eigenvalue weighted by atomic mass is 35.5. The molecule has 7 nitrogen and oxygen atoms in total. The van der Waals surface area contributed by atoms with E-state index in [-0.39, 0.29) is 29.6 Å². The highest BCUT2D eigenvalue weighted by Gasteiger charge is 2.27. The molecule has 21 heavy (non-hydrogen) atoms. The topological polar surface area (TPSA) is 105 Å². The lowest BCUT2D eigenvalue weighted by atomic mass is 9.83. The number of aromatic nitrogens is 1. The van der Waals surface area contributed by atoms with Gasteiger partial charge >= 0.3 is 0 Å². The minimum absolute atomic E-state index is 0.0510. The van der Waals surface area contributed by atoms with Crippen molar-refractivity contribution in [2.75, 3.05) is 13.2 Å². The summed E-state index contributed by atoms with van der Waals surface area (Å²) in [5, 5.41) is 22.7. The molecule has 0 radical (unpaired) electrons. The van der Waals surface area contributed by atoms with Crippen molar-refractivity contribution in [1.82, 2.24) is 10.3 Å². The number of nitro groups is 1. The van der Waals surface area contributed by atoms with Gasteiger partial charge in [0.15, 0.2) is 0 Å². The zero-order valence-corrected chi connectivity index (χ0v) is 12.7. The van der Waals surface area contributed by atoms with Crippen LogP contribution in [0.5, 0.6) is 0 Å². The number of carbonyl (C=O) groups excluding carboxylic acids is 1. The molecule has 0 unspecified atom stereocenters. The first kappa shape index (κ1) is 17.3. The third-order valence-corrected chi connectivity index (χ3v) is 4.04. The highest BCUT2D eigenvalue weighted by molar-refractivity contribution is 6.32. The molecule has 1 aromatic heterocycles. The molecular weight excluding hydrogens is 298 g/mol. The number of rotatable bonds is 7. The second-order valence-corrected chi connectivity index (χ2v) is 5.19. The van der Waals surface area contributed by atoms with Crippen LogP contribution in [0.15, 0.2) is 12.3 Å². The number of carbonyl (C=O) groups is 1. The van der Waals surface area contributed by atoms with Crippen molar-refractivity contribution < 1.29 is 14.8 Å². The molecular formula is C13H18ClN3O4. The predicted octanol–water partition coefficient (Wildman–Crippen LogP) is 2.17. The molecule has 1 amide bonds. The Labute approximate surface area is 127 Å². The van der Waals surface area contributed by atoms with Crippen molar-refractivity contribution in [1.29, 1.82) is 0 Å². The molecule has 0 spiro atoms. The van der Waals surface area contributed by atoms with Crippen LogP contribution in [0.25, 0.3) is 0 Å². The minimum Gasteiger partial charge on any atom is -0.396 e. The monoisotopic (exact) mass is 315 g/mol. The number of halogens is 1. The summed E-state index contributed by atoms with van der Waals surface area (Å²) in [6.45, 7) is 4.05. The van der Waals surface area contributed by atoms with Gasteiger partial charge in [-0.15, -0.1) is 0 Å². The Kier molecular flexibility index (Phi) is 6.04. The Bertz CT molecular complexity index is 524. The second kappa shape index (κ2) is 7.33. The van der Waals surface area contributed by atoms with Gasteiger partial charge < -0.3 is 10.4 Å². The second-order valence-electron chi connectivity index (χ2n) is 4.84. The molecule has 1 heterocycles. The van der Waals surface area contributed by atoms with Gasteiger partial charge in [0.1, 0.15) is 11.3 Å². The lowest BCUT2D eigenvalue weighted by molar-refractivity contribution is -0.385. The summed E-state index contributed by atoms with van der Waals surface area (Å²) in [7, 11) is 0. The predicted molar refractivity (Wildman–Crippen MR) is 78.3 cm³/mol. The van der Waals surface area contributed by atoms with Crippen LogP contribution < -0.4 is 5.32 Å². The maximum Gasteiger partial charge on any atom is 0.288 e. The summed E-state index contributed by atoms with van der Waals surface area (Å²) in [5.74, 6) is -0.545. The van der Waals surface area contributed by atoms with E-state index < -0.39 is 16.2 Å². The number of hydrogen-bond donors (Lipinski definition) is 2. The summed E-state index contributed by atoms with van der Waals surface area (Å²) in [4.78, 5) is 25.8. The van der Waals surface area contributed by atoms with E-state index >= 15 is 0 Å². The van der Waals surface area contributed by atoms with Crippen molar-refractivity contribution in [2.45, 2.75) is 26.7 Å². The number of amides is 1. The third-order valence-electron chi connectivity index (χ3n) is 3.74. The van der Waals surface area contributed by atoms with Crippen molar-refractivity contribution in [3.63, 3.8) is 0 Å². The number of nitrogens with one attached hydrogen (secondary N) is 1. The van der Waals surface area contributed by atoms with E-state index in [9.17, 15) is 20.0 Å². The van der Waals surface area contributed by atoms with E-state index in [1.165, 1.54) is 0 Å². The van der Waals surface area contributed by atoms with Gasteiger partial charge in [-0.05, 0) is 12.8 Å². The summed E-state index contributed by atoms with van der Waals surface area (Å²) in [6, 6.07) is 1.09.